The van der Waals surface area contributed by atoms with Gasteiger partial charge in [-0.2, -0.15) is 0 Å². The number of anilines is 2. The molecule has 2 amide bonds. The first-order chi connectivity index (χ1) is 7.81. The predicted octanol–water partition coefficient (Wildman–Crippen LogP) is 1.97. The molecule has 1 aliphatic heterocycles. The third-order valence-electron chi connectivity index (χ3n) is 2.75. The highest BCUT2D eigenvalue weighted by Crippen LogP contribution is 2.36. The Morgan fingerprint density at radius 3 is 2.88 bits per heavy atom. The normalized spacial score (nSPS) is 12.6. The summed E-state index contributed by atoms with van der Waals surface area (Å²) in [4.78, 5) is 22.1. The van der Waals surface area contributed by atoms with Crippen LogP contribution in [0.4, 0.5) is 11.4 Å². The fraction of sp³-hybridized carbons (Fsp3) is 0. The van der Waals surface area contributed by atoms with Crippen LogP contribution in [0.5, 0.6) is 0 Å². The quantitative estimate of drug-likeness (QED) is 0.748. The van der Waals surface area contributed by atoms with Gasteiger partial charge in [0.15, 0.2) is 0 Å². The minimum atomic E-state index is -0.0937. The molecule has 0 atom stereocenters. The molecule has 1 aliphatic rings. The SMILES string of the molecule is O=CNc1ccc2c3c(cccc13)NC2=O. The zero-order valence-corrected chi connectivity index (χ0v) is 8.28. The van der Waals surface area contributed by atoms with Gasteiger partial charge in [-0.15, -0.1) is 0 Å². The van der Waals surface area contributed by atoms with Gasteiger partial charge >= 0.3 is 0 Å². The molecule has 0 saturated carbocycles. The van der Waals surface area contributed by atoms with Gasteiger partial charge < -0.3 is 10.6 Å². The molecule has 3 rings (SSSR count). The number of hydrogen-bond acceptors (Lipinski definition) is 2. The largest absolute Gasteiger partial charge is 0.328 e. The van der Waals surface area contributed by atoms with Crippen LogP contribution < -0.4 is 10.6 Å². The minimum Gasteiger partial charge on any atom is -0.328 e. The van der Waals surface area contributed by atoms with Crippen molar-refractivity contribution >= 4 is 34.5 Å². The lowest BCUT2D eigenvalue weighted by Gasteiger charge is -2.05. The molecule has 1 heterocycles. The van der Waals surface area contributed by atoms with Crippen molar-refractivity contribution in [2.24, 2.45) is 0 Å². The lowest BCUT2D eigenvalue weighted by atomic mass is 10.0. The van der Waals surface area contributed by atoms with Crippen molar-refractivity contribution in [2.75, 3.05) is 10.6 Å². The van der Waals surface area contributed by atoms with E-state index in [1.807, 2.05) is 18.2 Å². The average molecular weight is 212 g/mol. The molecular formula is C12H8N2O2. The maximum Gasteiger partial charge on any atom is 0.256 e. The molecule has 0 fully saturated rings. The van der Waals surface area contributed by atoms with E-state index in [0.717, 1.165) is 16.5 Å². The highest BCUT2D eigenvalue weighted by Gasteiger charge is 2.21. The van der Waals surface area contributed by atoms with Crippen molar-refractivity contribution in [2.45, 2.75) is 0 Å². The fourth-order valence-corrected chi connectivity index (χ4v) is 2.08. The summed E-state index contributed by atoms with van der Waals surface area (Å²) in [6.07, 6.45) is 0.633. The van der Waals surface area contributed by atoms with Gasteiger partial charge in [0, 0.05) is 27.7 Å². The zero-order valence-electron chi connectivity index (χ0n) is 8.28. The highest BCUT2D eigenvalue weighted by atomic mass is 16.2. The summed E-state index contributed by atoms with van der Waals surface area (Å²) in [5.74, 6) is -0.0937. The molecule has 2 aromatic rings. The summed E-state index contributed by atoms with van der Waals surface area (Å²) in [5.41, 5.74) is 2.17. The molecule has 0 bridgehead atoms. The van der Waals surface area contributed by atoms with E-state index in [1.165, 1.54) is 0 Å². The molecule has 0 spiro atoms. The Hall–Kier alpha value is -2.36. The van der Waals surface area contributed by atoms with Gasteiger partial charge in [0.1, 0.15) is 0 Å². The molecule has 0 unspecified atom stereocenters. The smallest absolute Gasteiger partial charge is 0.256 e. The molecule has 2 aromatic carbocycles. The molecular weight excluding hydrogens is 204 g/mol. The molecule has 0 radical (unpaired) electrons. The van der Waals surface area contributed by atoms with Gasteiger partial charge in [-0.1, -0.05) is 12.1 Å². The second-order valence-electron chi connectivity index (χ2n) is 3.61. The number of nitrogens with one attached hydrogen (secondary N) is 2. The average Bonchev–Trinajstić information content (AvgIpc) is 2.61. The van der Waals surface area contributed by atoms with Crippen molar-refractivity contribution in [1.82, 2.24) is 0 Å². The van der Waals surface area contributed by atoms with E-state index in [-0.39, 0.29) is 5.91 Å². The van der Waals surface area contributed by atoms with E-state index >= 15 is 0 Å². The Bertz CT molecular complexity index is 620. The Kier molecular flexibility index (Phi) is 1.71. The van der Waals surface area contributed by atoms with E-state index in [0.29, 0.717) is 17.7 Å². The maximum atomic E-state index is 11.6. The van der Waals surface area contributed by atoms with E-state index in [1.54, 1.807) is 12.1 Å². The minimum absolute atomic E-state index is 0.0937. The topological polar surface area (TPSA) is 58.2 Å². The second kappa shape index (κ2) is 3.06. The number of rotatable bonds is 2. The Labute approximate surface area is 91.3 Å². The standard InChI is InChI=1S/C12H8N2O2/c15-6-13-9-5-4-8-11-7(9)2-1-3-10(11)14-12(8)16/h1-6H,(H,13,15)(H,14,16). The van der Waals surface area contributed by atoms with E-state index in [2.05, 4.69) is 10.6 Å². The lowest BCUT2D eigenvalue weighted by molar-refractivity contribution is -0.105. The van der Waals surface area contributed by atoms with Crippen molar-refractivity contribution in [3.05, 3.63) is 35.9 Å². The van der Waals surface area contributed by atoms with Crippen molar-refractivity contribution in [3.8, 4) is 0 Å². The van der Waals surface area contributed by atoms with E-state index < -0.39 is 0 Å². The van der Waals surface area contributed by atoms with E-state index in [9.17, 15) is 9.59 Å². The zero-order chi connectivity index (χ0) is 11.1. The van der Waals surface area contributed by atoms with Crippen LogP contribution in [0, 0.1) is 0 Å². The first kappa shape index (κ1) is 8.91. The third kappa shape index (κ3) is 1.04. The number of hydrogen-bond donors (Lipinski definition) is 2. The number of amides is 2. The lowest BCUT2D eigenvalue weighted by Crippen LogP contribution is -2.03. The molecule has 2 N–H and O–H groups in total. The Morgan fingerprint density at radius 2 is 2.06 bits per heavy atom. The molecule has 0 saturated heterocycles. The molecule has 0 aromatic heterocycles. The molecule has 78 valence electrons. The second-order valence-corrected chi connectivity index (χ2v) is 3.61. The van der Waals surface area contributed by atoms with Gasteiger partial charge in [-0.05, 0) is 18.2 Å². The first-order valence-corrected chi connectivity index (χ1v) is 4.88. The third-order valence-corrected chi connectivity index (χ3v) is 2.75. The van der Waals surface area contributed by atoms with Gasteiger partial charge in [-0.3, -0.25) is 9.59 Å². The summed E-state index contributed by atoms with van der Waals surface area (Å²) >= 11 is 0. The van der Waals surface area contributed by atoms with Gasteiger partial charge in [0.05, 0.1) is 0 Å². The fourth-order valence-electron chi connectivity index (χ4n) is 2.08. The summed E-state index contributed by atoms with van der Waals surface area (Å²) < 4.78 is 0. The monoisotopic (exact) mass is 212 g/mol. The molecule has 4 nitrogen and oxygen atoms in total. The van der Waals surface area contributed by atoms with Gasteiger partial charge in [0.2, 0.25) is 6.41 Å². The Morgan fingerprint density at radius 1 is 1.19 bits per heavy atom. The van der Waals surface area contributed by atoms with Gasteiger partial charge in [0.25, 0.3) is 5.91 Å². The predicted molar refractivity (Wildman–Crippen MR) is 61.6 cm³/mol. The summed E-state index contributed by atoms with van der Waals surface area (Å²) in [6, 6.07) is 9.04. The molecule has 16 heavy (non-hydrogen) atoms. The number of carbonyl (C=O) groups is 2. The van der Waals surface area contributed by atoms with E-state index in [4.69, 9.17) is 0 Å². The van der Waals surface area contributed by atoms with Crippen molar-refractivity contribution in [3.63, 3.8) is 0 Å². The van der Waals surface area contributed by atoms with Crippen LogP contribution in [0.2, 0.25) is 0 Å². The summed E-state index contributed by atoms with van der Waals surface area (Å²) in [5, 5.41) is 7.16. The van der Waals surface area contributed by atoms with Crippen LogP contribution in [-0.4, -0.2) is 12.3 Å². The van der Waals surface area contributed by atoms with Crippen LogP contribution >= 0.6 is 0 Å². The molecule has 0 aliphatic carbocycles. The highest BCUT2D eigenvalue weighted by molar-refractivity contribution is 6.25. The number of carbonyl (C=O) groups excluding carboxylic acids is 2. The van der Waals surface area contributed by atoms with Crippen molar-refractivity contribution in [1.29, 1.82) is 0 Å². The van der Waals surface area contributed by atoms with Crippen LogP contribution in [0.1, 0.15) is 10.4 Å². The van der Waals surface area contributed by atoms with Crippen LogP contribution in [0.25, 0.3) is 10.8 Å². The van der Waals surface area contributed by atoms with Gasteiger partial charge in [-0.25, -0.2) is 0 Å². The summed E-state index contributed by atoms with van der Waals surface area (Å²) in [6.45, 7) is 0. The van der Waals surface area contributed by atoms with Crippen LogP contribution in [0.15, 0.2) is 30.3 Å². The first-order valence-electron chi connectivity index (χ1n) is 4.88. The molecule has 4 heteroatoms. The Balaban J connectivity index is 2.41. The maximum absolute atomic E-state index is 11.6. The summed E-state index contributed by atoms with van der Waals surface area (Å²) in [7, 11) is 0. The number of benzene rings is 2. The van der Waals surface area contributed by atoms with Crippen LogP contribution in [-0.2, 0) is 4.79 Å². The van der Waals surface area contributed by atoms with Crippen molar-refractivity contribution < 1.29 is 9.59 Å². The van der Waals surface area contributed by atoms with Crippen LogP contribution in [0.3, 0.4) is 0 Å².